The number of hydrogen-bond donors (Lipinski definition) is 0. The van der Waals surface area contributed by atoms with E-state index in [1.807, 2.05) is 6.92 Å². The van der Waals surface area contributed by atoms with E-state index in [4.69, 9.17) is 4.74 Å². The van der Waals surface area contributed by atoms with Gasteiger partial charge in [0.05, 0.1) is 13.2 Å². The van der Waals surface area contributed by atoms with Gasteiger partial charge in [-0.05, 0) is 6.92 Å². The summed E-state index contributed by atoms with van der Waals surface area (Å²) in [5.41, 5.74) is 0. The van der Waals surface area contributed by atoms with Crippen LogP contribution in [-0.4, -0.2) is 37.8 Å². The Hall–Kier alpha value is -0.870. The van der Waals surface area contributed by atoms with Crippen LogP contribution in [0.3, 0.4) is 0 Å². The van der Waals surface area contributed by atoms with Crippen molar-refractivity contribution in [2.75, 3.05) is 20.8 Å². The lowest BCUT2D eigenvalue weighted by molar-refractivity contribution is -0.174. The fourth-order valence-corrected chi connectivity index (χ4v) is 0.463. The van der Waals surface area contributed by atoms with Crippen molar-refractivity contribution >= 4 is 5.91 Å². The maximum Gasteiger partial charge on any atom is 0.271 e. The Balaban J connectivity index is 3.63. The van der Waals surface area contributed by atoms with E-state index in [1.54, 1.807) is 6.08 Å². The van der Waals surface area contributed by atoms with Gasteiger partial charge in [0.25, 0.3) is 5.91 Å². The van der Waals surface area contributed by atoms with Crippen LogP contribution in [0.2, 0.25) is 0 Å². The quantitative estimate of drug-likeness (QED) is 0.451. The highest BCUT2D eigenvalue weighted by atomic mass is 16.7. The van der Waals surface area contributed by atoms with Gasteiger partial charge in [0, 0.05) is 7.05 Å². The molecular formula is C8H15NO3. The summed E-state index contributed by atoms with van der Waals surface area (Å²) in [4.78, 5) is 15.7. The van der Waals surface area contributed by atoms with Gasteiger partial charge in [-0.2, -0.15) is 0 Å². The second-order valence-electron chi connectivity index (χ2n) is 2.33. The second kappa shape index (κ2) is 5.74. The van der Waals surface area contributed by atoms with Crippen LogP contribution in [0.4, 0.5) is 0 Å². The molecule has 1 atom stereocenters. The molecule has 0 spiro atoms. The molecular weight excluding hydrogens is 158 g/mol. The molecule has 0 aromatic rings. The fraction of sp³-hybridized carbons (Fsp3) is 0.625. The van der Waals surface area contributed by atoms with E-state index < -0.39 is 0 Å². The Labute approximate surface area is 72.7 Å². The Bertz CT molecular complexity index is 158. The summed E-state index contributed by atoms with van der Waals surface area (Å²) < 4.78 is 5.09. The lowest BCUT2D eigenvalue weighted by atomic mass is 10.4. The molecule has 0 saturated carbocycles. The van der Waals surface area contributed by atoms with Crippen LogP contribution in [0.1, 0.15) is 6.92 Å². The molecule has 0 N–H and O–H groups in total. The van der Waals surface area contributed by atoms with Crippen molar-refractivity contribution in [3.63, 3.8) is 0 Å². The SMILES string of the molecule is C=C[C@H](C)OCC(=O)N(C)OC. The van der Waals surface area contributed by atoms with E-state index in [9.17, 15) is 4.79 Å². The third kappa shape index (κ3) is 4.10. The molecule has 0 aromatic carbocycles. The number of likely N-dealkylation sites (N-methyl/N-ethyl adjacent to an activating group) is 1. The average Bonchev–Trinajstić information content (AvgIpc) is 2.11. The van der Waals surface area contributed by atoms with Crippen LogP contribution in [0.25, 0.3) is 0 Å². The molecule has 0 aromatic heterocycles. The van der Waals surface area contributed by atoms with Crippen molar-refractivity contribution in [1.29, 1.82) is 0 Å². The summed E-state index contributed by atoms with van der Waals surface area (Å²) in [6, 6.07) is 0. The normalized spacial score (nSPS) is 12.2. The van der Waals surface area contributed by atoms with Crippen LogP contribution in [0, 0.1) is 0 Å². The third-order valence-electron chi connectivity index (χ3n) is 1.43. The number of carbonyl (C=O) groups excluding carboxylic acids is 1. The number of carbonyl (C=O) groups is 1. The first-order chi connectivity index (χ1) is 5.61. The molecule has 0 bridgehead atoms. The number of hydroxylamine groups is 2. The Morgan fingerprint density at radius 1 is 1.75 bits per heavy atom. The summed E-state index contributed by atoms with van der Waals surface area (Å²) >= 11 is 0. The van der Waals surface area contributed by atoms with Gasteiger partial charge in [0.15, 0.2) is 0 Å². The van der Waals surface area contributed by atoms with E-state index in [0.29, 0.717) is 0 Å². The molecule has 0 rings (SSSR count). The molecule has 0 saturated heterocycles. The smallest absolute Gasteiger partial charge is 0.271 e. The molecule has 1 amide bonds. The lowest BCUT2D eigenvalue weighted by Gasteiger charge is -2.14. The minimum atomic E-state index is -0.216. The van der Waals surface area contributed by atoms with Gasteiger partial charge < -0.3 is 4.74 Å². The van der Waals surface area contributed by atoms with Crippen molar-refractivity contribution in [3.05, 3.63) is 12.7 Å². The average molecular weight is 173 g/mol. The van der Waals surface area contributed by atoms with Gasteiger partial charge in [-0.15, -0.1) is 6.58 Å². The Morgan fingerprint density at radius 2 is 2.33 bits per heavy atom. The van der Waals surface area contributed by atoms with Crippen LogP contribution >= 0.6 is 0 Å². The summed E-state index contributed by atoms with van der Waals surface area (Å²) in [7, 11) is 2.96. The third-order valence-corrected chi connectivity index (χ3v) is 1.43. The largest absolute Gasteiger partial charge is 0.365 e. The van der Waals surface area contributed by atoms with E-state index in [0.717, 1.165) is 5.06 Å². The van der Waals surface area contributed by atoms with Crippen LogP contribution in [-0.2, 0) is 14.4 Å². The van der Waals surface area contributed by atoms with E-state index >= 15 is 0 Å². The summed E-state index contributed by atoms with van der Waals surface area (Å²) in [6.45, 7) is 5.35. The molecule has 0 aliphatic heterocycles. The van der Waals surface area contributed by atoms with Crippen molar-refractivity contribution < 1.29 is 14.4 Å². The van der Waals surface area contributed by atoms with Crippen LogP contribution in [0.15, 0.2) is 12.7 Å². The zero-order chi connectivity index (χ0) is 9.56. The monoisotopic (exact) mass is 173 g/mol. The lowest BCUT2D eigenvalue weighted by Crippen LogP contribution is -2.30. The molecule has 0 aliphatic carbocycles. The number of nitrogens with zero attached hydrogens (tertiary/aromatic N) is 1. The zero-order valence-electron chi connectivity index (χ0n) is 7.74. The van der Waals surface area contributed by atoms with Gasteiger partial charge in [0.1, 0.15) is 6.61 Å². The Kier molecular flexibility index (Phi) is 5.32. The standard InChI is InChI=1S/C8H15NO3/c1-5-7(2)12-6-8(10)9(3)11-4/h5,7H,1,6H2,2-4H3/t7-/m0/s1. The molecule has 4 heteroatoms. The van der Waals surface area contributed by atoms with Gasteiger partial charge in [-0.3, -0.25) is 9.63 Å². The molecule has 0 fully saturated rings. The highest BCUT2D eigenvalue weighted by molar-refractivity contribution is 5.76. The predicted molar refractivity (Wildman–Crippen MR) is 45.4 cm³/mol. The minimum absolute atomic E-state index is 0.0114. The maximum atomic E-state index is 11.0. The first-order valence-corrected chi connectivity index (χ1v) is 3.66. The molecule has 0 aliphatic rings. The zero-order valence-corrected chi connectivity index (χ0v) is 7.74. The first-order valence-electron chi connectivity index (χ1n) is 3.66. The number of hydrogen-bond acceptors (Lipinski definition) is 3. The first kappa shape index (κ1) is 11.1. The highest BCUT2D eigenvalue weighted by Crippen LogP contribution is 1.93. The number of rotatable bonds is 5. The summed E-state index contributed by atoms with van der Waals surface area (Å²) in [6.07, 6.45) is 1.51. The molecule has 0 unspecified atom stereocenters. The van der Waals surface area contributed by atoms with Crippen molar-refractivity contribution in [2.24, 2.45) is 0 Å². The number of amides is 1. The van der Waals surface area contributed by atoms with Gasteiger partial charge in [-0.1, -0.05) is 6.08 Å². The highest BCUT2D eigenvalue weighted by Gasteiger charge is 2.08. The van der Waals surface area contributed by atoms with Gasteiger partial charge in [-0.25, -0.2) is 5.06 Å². The Morgan fingerprint density at radius 3 is 2.75 bits per heavy atom. The summed E-state index contributed by atoms with van der Waals surface area (Å²) in [5, 5.41) is 1.12. The van der Waals surface area contributed by atoms with Crippen molar-refractivity contribution in [3.8, 4) is 0 Å². The second-order valence-corrected chi connectivity index (χ2v) is 2.33. The van der Waals surface area contributed by atoms with Gasteiger partial charge in [0.2, 0.25) is 0 Å². The maximum absolute atomic E-state index is 11.0. The summed E-state index contributed by atoms with van der Waals surface area (Å²) in [5.74, 6) is -0.216. The molecule has 0 heterocycles. The molecule has 0 radical (unpaired) electrons. The van der Waals surface area contributed by atoms with Crippen LogP contribution in [0.5, 0.6) is 0 Å². The van der Waals surface area contributed by atoms with Crippen LogP contribution < -0.4 is 0 Å². The number of ether oxygens (including phenoxy) is 1. The van der Waals surface area contributed by atoms with Crippen molar-refractivity contribution in [1.82, 2.24) is 5.06 Å². The molecule has 70 valence electrons. The van der Waals surface area contributed by atoms with Crippen molar-refractivity contribution in [2.45, 2.75) is 13.0 Å². The van der Waals surface area contributed by atoms with Gasteiger partial charge >= 0.3 is 0 Å². The fourth-order valence-electron chi connectivity index (χ4n) is 0.463. The topological polar surface area (TPSA) is 38.8 Å². The van der Waals surface area contributed by atoms with E-state index in [-0.39, 0.29) is 18.6 Å². The molecule has 12 heavy (non-hydrogen) atoms. The predicted octanol–water partition coefficient (Wildman–Crippen LogP) is 0.597. The molecule has 4 nitrogen and oxygen atoms in total. The van der Waals surface area contributed by atoms with E-state index in [1.165, 1.54) is 14.2 Å². The minimum Gasteiger partial charge on any atom is -0.365 e. The van der Waals surface area contributed by atoms with E-state index in [2.05, 4.69) is 11.4 Å².